The number of nitrogen functional groups attached to an aromatic ring is 1. The van der Waals surface area contributed by atoms with Crippen molar-refractivity contribution < 1.29 is 23.5 Å². The summed E-state index contributed by atoms with van der Waals surface area (Å²) in [6.45, 7) is 3.34. The second kappa shape index (κ2) is 9.05. The Balaban J connectivity index is 1.65. The number of esters is 2. The van der Waals surface area contributed by atoms with Gasteiger partial charge in [-0.05, 0) is 38.0 Å². The van der Waals surface area contributed by atoms with Crippen LogP contribution in [0.2, 0.25) is 0 Å². The van der Waals surface area contributed by atoms with Crippen LogP contribution in [-0.2, 0) is 27.3 Å². The molecule has 0 aliphatic rings. The zero-order chi connectivity index (χ0) is 21.7. The van der Waals surface area contributed by atoms with Gasteiger partial charge < -0.3 is 19.6 Å². The molecule has 0 radical (unpaired) electrons. The van der Waals surface area contributed by atoms with Gasteiger partial charge in [0.2, 0.25) is 5.71 Å². The molecule has 0 aliphatic carbocycles. The van der Waals surface area contributed by atoms with Gasteiger partial charge in [-0.3, -0.25) is 4.79 Å². The number of anilines is 1. The first-order valence-corrected chi connectivity index (χ1v) is 9.30. The predicted octanol–water partition coefficient (Wildman–Crippen LogP) is 2.84. The topological polar surface area (TPSA) is 141 Å². The summed E-state index contributed by atoms with van der Waals surface area (Å²) in [5.41, 5.74) is 7.79. The van der Waals surface area contributed by atoms with Gasteiger partial charge in [0.25, 0.3) is 0 Å². The standard InChI is InChI=1S/C21H20N4O5/c1-3-28-21(27)17-12(2)30-20-18(17)19(23)24-15(25-20)11-29-16(26)9-8-13-4-6-14(10-22)7-5-13/h4-7H,3,8-9,11H2,1-2H3,(H2,23,24,25). The highest BCUT2D eigenvalue weighted by molar-refractivity contribution is 6.07. The molecule has 30 heavy (non-hydrogen) atoms. The van der Waals surface area contributed by atoms with E-state index < -0.39 is 11.9 Å². The van der Waals surface area contributed by atoms with Crippen LogP contribution in [0.25, 0.3) is 11.1 Å². The Kier molecular flexibility index (Phi) is 6.27. The molecule has 0 saturated heterocycles. The second-order valence-corrected chi connectivity index (χ2v) is 6.43. The van der Waals surface area contributed by atoms with Crippen LogP contribution in [0.1, 0.15) is 46.4 Å². The molecular formula is C21H20N4O5. The van der Waals surface area contributed by atoms with E-state index in [1.54, 1.807) is 38.1 Å². The molecule has 9 heteroatoms. The lowest BCUT2D eigenvalue weighted by Crippen LogP contribution is -2.10. The van der Waals surface area contributed by atoms with Gasteiger partial charge in [-0.2, -0.15) is 10.2 Å². The van der Waals surface area contributed by atoms with Crippen LogP contribution in [0.4, 0.5) is 5.82 Å². The molecule has 2 N–H and O–H groups in total. The first-order valence-electron chi connectivity index (χ1n) is 9.30. The summed E-state index contributed by atoms with van der Waals surface area (Å²) >= 11 is 0. The third-order valence-corrected chi connectivity index (χ3v) is 4.34. The molecule has 1 aromatic carbocycles. The maximum absolute atomic E-state index is 12.1. The summed E-state index contributed by atoms with van der Waals surface area (Å²) in [7, 11) is 0. The minimum atomic E-state index is -0.564. The van der Waals surface area contributed by atoms with Crippen LogP contribution >= 0.6 is 0 Å². The Morgan fingerprint density at radius 3 is 2.60 bits per heavy atom. The van der Waals surface area contributed by atoms with Gasteiger partial charge in [-0.25, -0.2) is 9.78 Å². The van der Waals surface area contributed by atoms with Gasteiger partial charge in [0, 0.05) is 6.42 Å². The molecule has 0 aliphatic heterocycles. The number of carbonyl (C=O) groups excluding carboxylic acids is 2. The summed E-state index contributed by atoms with van der Waals surface area (Å²) in [6, 6.07) is 9.03. The highest BCUT2D eigenvalue weighted by Crippen LogP contribution is 2.29. The number of hydrogen-bond acceptors (Lipinski definition) is 9. The number of aryl methyl sites for hydroxylation is 2. The number of nitrogens with zero attached hydrogens (tertiary/aromatic N) is 3. The summed E-state index contributed by atoms with van der Waals surface area (Å²) < 4.78 is 15.8. The lowest BCUT2D eigenvalue weighted by Gasteiger charge is -2.06. The SMILES string of the molecule is CCOC(=O)c1c(C)oc2nc(COC(=O)CCc3ccc(C#N)cc3)nc(N)c12. The van der Waals surface area contributed by atoms with E-state index in [4.69, 9.17) is 24.9 Å². The quantitative estimate of drug-likeness (QED) is 0.584. The highest BCUT2D eigenvalue weighted by atomic mass is 16.5. The number of nitriles is 1. The average Bonchev–Trinajstić information content (AvgIpc) is 3.07. The molecule has 9 nitrogen and oxygen atoms in total. The minimum absolute atomic E-state index is 0.0449. The van der Waals surface area contributed by atoms with E-state index in [0.29, 0.717) is 17.7 Å². The number of benzene rings is 1. The van der Waals surface area contributed by atoms with Crippen molar-refractivity contribution in [2.45, 2.75) is 33.3 Å². The fraction of sp³-hybridized carbons (Fsp3) is 0.286. The van der Waals surface area contributed by atoms with Crippen molar-refractivity contribution in [3.8, 4) is 6.07 Å². The summed E-state index contributed by atoms with van der Waals surface area (Å²) in [6.07, 6.45) is 0.642. The lowest BCUT2D eigenvalue weighted by atomic mass is 10.1. The molecule has 0 amide bonds. The van der Waals surface area contributed by atoms with Gasteiger partial charge in [0.15, 0.2) is 12.4 Å². The largest absolute Gasteiger partial charge is 0.462 e. The number of nitrogens with two attached hydrogens (primary N) is 1. The molecular weight excluding hydrogens is 388 g/mol. The Morgan fingerprint density at radius 2 is 1.93 bits per heavy atom. The van der Waals surface area contributed by atoms with E-state index in [0.717, 1.165) is 5.56 Å². The molecule has 2 aromatic heterocycles. The van der Waals surface area contributed by atoms with Crippen molar-refractivity contribution in [1.82, 2.24) is 9.97 Å². The van der Waals surface area contributed by atoms with Crippen molar-refractivity contribution >= 4 is 28.9 Å². The smallest absolute Gasteiger partial charge is 0.342 e. The third-order valence-electron chi connectivity index (χ3n) is 4.34. The van der Waals surface area contributed by atoms with Gasteiger partial charge >= 0.3 is 11.9 Å². The number of fused-ring (bicyclic) bond motifs is 1. The molecule has 0 saturated carbocycles. The number of ether oxygens (including phenoxy) is 2. The van der Waals surface area contributed by atoms with E-state index >= 15 is 0 Å². The first-order chi connectivity index (χ1) is 14.4. The van der Waals surface area contributed by atoms with E-state index in [9.17, 15) is 9.59 Å². The summed E-state index contributed by atoms with van der Waals surface area (Å²) in [5, 5.41) is 9.08. The normalized spacial score (nSPS) is 10.6. The lowest BCUT2D eigenvalue weighted by molar-refractivity contribution is -0.145. The van der Waals surface area contributed by atoms with Gasteiger partial charge in [-0.15, -0.1) is 0 Å². The second-order valence-electron chi connectivity index (χ2n) is 6.43. The predicted molar refractivity (Wildman–Crippen MR) is 106 cm³/mol. The molecule has 3 rings (SSSR count). The van der Waals surface area contributed by atoms with Crippen LogP contribution in [0.3, 0.4) is 0 Å². The first kappa shape index (κ1) is 20.8. The number of hydrogen-bond donors (Lipinski definition) is 1. The maximum atomic E-state index is 12.1. The Labute approximate surface area is 172 Å². The molecule has 154 valence electrons. The van der Waals surface area contributed by atoms with Crippen LogP contribution in [0.5, 0.6) is 0 Å². The fourth-order valence-electron chi connectivity index (χ4n) is 2.91. The van der Waals surface area contributed by atoms with E-state index in [1.165, 1.54) is 0 Å². The highest BCUT2D eigenvalue weighted by Gasteiger charge is 2.24. The van der Waals surface area contributed by atoms with Gasteiger partial charge in [0.1, 0.15) is 17.1 Å². The monoisotopic (exact) mass is 408 g/mol. The molecule has 0 bridgehead atoms. The van der Waals surface area contributed by atoms with Crippen LogP contribution in [0.15, 0.2) is 28.7 Å². The Hall–Kier alpha value is -3.93. The van der Waals surface area contributed by atoms with Gasteiger partial charge in [0.05, 0.1) is 23.6 Å². The maximum Gasteiger partial charge on any atom is 0.342 e. The van der Waals surface area contributed by atoms with Crippen molar-refractivity contribution in [3.05, 3.63) is 52.5 Å². The van der Waals surface area contributed by atoms with E-state index in [2.05, 4.69) is 9.97 Å². The molecule has 0 fully saturated rings. The van der Waals surface area contributed by atoms with Crippen LogP contribution in [-0.4, -0.2) is 28.5 Å². The Bertz CT molecular complexity index is 1130. The zero-order valence-electron chi connectivity index (χ0n) is 16.6. The zero-order valence-corrected chi connectivity index (χ0v) is 16.6. The number of rotatable bonds is 7. The number of furan rings is 1. The van der Waals surface area contributed by atoms with Crippen molar-refractivity contribution in [2.75, 3.05) is 12.3 Å². The van der Waals surface area contributed by atoms with Crippen molar-refractivity contribution in [2.24, 2.45) is 0 Å². The number of aromatic nitrogens is 2. The summed E-state index contributed by atoms with van der Waals surface area (Å²) in [4.78, 5) is 32.5. The van der Waals surface area contributed by atoms with Crippen molar-refractivity contribution in [1.29, 1.82) is 5.26 Å². The fourth-order valence-corrected chi connectivity index (χ4v) is 2.91. The van der Waals surface area contributed by atoms with Crippen molar-refractivity contribution in [3.63, 3.8) is 0 Å². The molecule has 3 aromatic rings. The molecule has 0 unspecified atom stereocenters. The molecule has 0 atom stereocenters. The van der Waals surface area contributed by atoms with Crippen LogP contribution < -0.4 is 5.73 Å². The van der Waals surface area contributed by atoms with E-state index in [1.807, 2.05) is 6.07 Å². The van der Waals surface area contributed by atoms with Crippen LogP contribution in [0, 0.1) is 18.3 Å². The molecule has 0 spiro atoms. The van der Waals surface area contributed by atoms with E-state index in [-0.39, 0.29) is 47.9 Å². The average molecular weight is 408 g/mol. The minimum Gasteiger partial charge on any atom is -0.462 e. The summed E-state index contributed by atoms with van der Waals surface area (Å²) in [5.74, 6) is -0.462. The number of carbonyl (C=O) groups is 2. The third kappa shape index (κ3) is 4.55. The van der Waals surface area contributed by atoms with Gasteiger partial charge in [-0.1, -0.05) is 12.1 Å². The Morgan fingerprint density at radius 1 is 1.20 bits per heavy atom. The molecule has 2 heterocycles.